The number of hydrogen-bond donors (Lipinski definition) is 1. The van der Waals surface area contributed by atoms with E-state index in [1.165, 1.54) is 36.9 Å². The molecule has 0 aromatic heterocycles. The van der Waals surface area contributed by atoms with Gasteiger partial charge < -0.3 is 10.1 Å². The molecule has 2 nitrogen and oxygen atoms in total. The zero-order valence-electron chi connectivity index (χ0n) is 12.8. The first-order chi connectivity index (χ1) is 9.83. The van der Waals surface area contributed by atoms with Crippen molar-refractivity contribution in [3.8, 4) is 5.75 Å². The number of fused-ring (bicyclic) bond motifs is 1. The van der Waals surface area contributed by atoms with Gasteiger partial charge in [0.1, 0.15) is 5.75 Å². The van der Waals surface area contributed by atoms with E-state index >= 15 is 0 Å². The highest BCUT2D eigenvalue weighted by molar-refractivity contribution is 5.85. The molecule has 2 atom stereocenters. The Kier molecular flexibility index (Phi) is 5.72. The van der Waals surface area contributed by atoms with Crippen LogP contribution in [0.25, 0.3) is 0 Å². The van der Waals surface area contributed by atoms with Gasteiger partial charge in [-0.1, -0.05) is 18.2 Å². The summed E-state index contributed by atoms with van der Waals surface area (Å²) in [6, 6.07) is 7.03. The Bertz CT molecular complexity index is 470. The number of methoxy groups -OCH3 is 1. The molecule has 0 aliphatic heterocycles. The first-order valence-electron chi connectivity index (χ1n) is 7.83. The third kappa shape index (κ3) is 3.61. The van der Waals surface area contributed by atoms with Crippen LogP contribution in [0.3, 0.4) is 0 Å². The summed E-state index contributed by atoms with van der Waals surface area (Å²) < 4.78 is 5.61. The van der Waals surface area contributed by atoms with Gasteiger partial charge >= 0.3 is 0 Å². The summed E-state index contributed by atoms with van der Waals surface area (Å²) >= 11 is 0. The number of halogens is 1. The maximum Gasteiger partial charge on any atom is 0.122 e. The van der Waals surface area contributed by atoms with E-state index < -0.39 is 0 Å². The molecule has 1 saturated carbocycles. The molecule has 0 radical (unpaired) electrons. The average Bonchev–Trinajstić information content (AvgIpc) is 3.30. The number of ether oxygens (including phenoxy) is 1. The highest BCUT2D eigenvalue weighted by Gasteiger charge is 2.32. The zero-order valence-corrected chi connectivity index (χ0v) is 13.6. The van der Waals surface area contributed by atoms with Gasteiger partial charge in [-0.25, -0.2) is 0 Å². The monoisotopic (exact) mass is 307 g/mol. The van der Waals surface area contributed by atoms with Crippen molar-refractivity contribution in [3.05, 3.63) is 42.0 Å². The lowest BCUT2D eigenvalue weighted by Gasteiger charge is -2.35. The van der Waals surface area contributed by atoms with Crippen molar-refractivity contribution < 1.29 is 4.74 Å². The fourth-order valence-corrected chi connectivity index (χ4v) is 3.47. The molecule has 0 heterocycles. The second-order valence-electron chi connectivity index (χ2n) is 6.16. The first-order valence-corrected chi connectivity index (χ1v) is 7.83. The van der Waals surface area contributed by atoms with Gasteiger partial charge in [-0.2, -0.15) is 0 Å². The number of nitrogens with one attached hydrogen (secondary N) is 1. The second kappa shape index (κ2) is 7.33. The summed E-state index contributed by atoms with van der Waals surface area (Å²) in [5.41, 5.74) is 2.87. The van der Waals surface area contributed by atoms with Gasteiger partial charge in [-0.15, -0.1) is 19.0 Å². The van der Waals surface area contributed by atoms with Gasteiger partial charge in [0.05, 0.1) is 7.11 Å². The summed E-state index contributed by atoms with van der Waals surface area (Å²) in [5, 5.41) is 3.81. The molecule has 1 N–H and O–H groups in total. The predicted molar refractivity (Wildman–Crippen MR) is 90.6 cm³/mol. The van der Waals surface area contributed by atoms with Crippen LogP contribution in [0.5, 0.6) is 5.75 Å². The Labute approximate surface area is 134 Å². The number of allylic oxidation sites excluding steroid dienone is 1. The van der Waals surface area contributed by atoms with Crippen molar-refractivity contribution in [2.45, 2.75) is 44.1 Å². The molecular weight excluding hydrogens is 282 g/mol. The molecule has 0 saturated heterocycles. The predicted octanol–water partition coefficient (Wildman–Crippen LogP) is 4.09. The van der Waals surface area contributed by atoms with Crippen molar-refractivity contribution in [1.82, 2.24) is 5.32 Å². The third-order valence-electron chi connectivity index (χ3n) is 4.74. The van der Waals surface area contributed by atoms with Crippen molar-refractivity contribution in [1.29, 1.82) is 0 Å². The molecule has 21 heavy (non-hydrogen) atoms. The van der Waals surface area contributed by atoms with E-state index in [1.807, 2.05) is 0 Å². The van der Waals surface area contributed by atoms with Crippen LogP contribution in [-0.4, -0.2) is 19.7 Å². The van der Waals surface area contributed by atoms with E-state index in [0.717, 1.165) is 24.5 Å². The molecule has 1 fully saturated rings. The minimum atomic E-state index is 0. The summed E-state index contributed by atoms with van der Waals surface area (Å²) in [6.07, 6.45) is 8.28. The van der Waals surface area contributed by atoms with E-state index in [4.69, 9.17) is 4.74 Å². The van der Waals surface area contributed by atoms with E-state index in [0.29, 0.717) is 12.0 Å². The van der Waals surface area contributed by atoms with E-state index in [2.05, 4.69) is 36.2 Å². The fourth-order valence-electron chi connectivity index (χ4n) is 3.47. The Morgan fingerprint density at radius 2 is 2.14 bits per heavy atom. The minimum absolute atomic E-state index is 0. The van der Waals surface area contributed by atoms with E-state index in [9.17, 15) is 0 Å². The molecule has 0 spiro atoms. The first kappa shape index (κ1) is 16.4. The Morgan fingerprint density at radius 3 is 2.81 bits per heavy atom. The van der Waals surface area contributed by atoms with Crippen LogP contribution >= 0.6 is 12.4 Å². The van der Waals surface area contributed by atoms with Gasteiger partial charge in [0, 0.05) is 17.5 Å². The van der Waals surface area contributed by atoms with Crippen molar-refractivity contribution in [2.75, 3.05) is 13.7 Å². The van der Waals surface area contributed by atoms with Gasteiger partial charge in [0.15, 0.2) is 0 Å². The molecule has 0 bridgehead atoms. The van der Waals surface area contributed by atoms with Gasteiger partial charge in [-0.05, 0) is 56.2 Å². The van der Waals surface area contributed by atoms with Crippen LogP contribution in [0.4, 0.5) is 0 Å². The highest BCUT2D eigenvalue weighted by Crippen LogP contribution is 2.40. The second-order valence-corrected chi connectivity index (χ2v) is 6.16. The molecule has 0 amide bonds. The molecule has 2 aliphatic rings. The normalized spacial score (nSPS) is 23.9. The molecule has 3 rings (SSSR count). The molecule has 1 aromatic rings. The lowest BCUT2D eigenvalue weighted by Crippen LogP contribution is -2.39. The largest absolute Gasteiger partial charge is 0.496 e. The number of benzene rings is 1. The Morgan fingerprint density at radius 1 is 1.33 bits per heavy atom. The summed E-state index contributed by atoms with van der Waals surface area (Å²) in [4.78, 5) is 0. The zero-order chi connectivity index (χ0) is 13.9. The highest BCUT2D eigenvalue weighted by atomic mass is 35.5. The van der Waals surface area contributed by atoms with Crippen LogP contribution in [0.15, 0.2) is 30.9 Å². The lowest BCUT2D eigenvalue weighted by molar-refractivity contribution is 0.356. The Hall–Kier alpha value is -0.990. The maximum absolute atomic E-state index is 5.61. The van der Waals surface area contributed by atoms with Crippen LogP contribution in [0.1, 0.15) is 42.7 Å². The standard InChI is InChI=1S/C18H25NO.ClH/c1-3-5-15-16(19-12-13-8-9-13)11-10-14-6-4-7-17(20-2)18(14)15;/h3-4,6-7,13,15-16,19H,1,5,8-12H2,2H3;1H. The van der Waals surface area contributed by atoms with Gasteiger partial charge in [0.2, 0.25) is 0 Å². The fraction of sp³-hybridized carbons (Fsp3) is 0.556. The van der Waals surface area contributed by atoms with Crippen LogP contribution in [0.2, 0.25) is 0 Å². The molecule has 116 valence electrons. The molecular formula is C18H26ClNO. The molecule has 1 aromatic carbocycles. The van der Waals surface area contributed by atoms with Crippen molar-refractivity contribution >= 4 is 12.4 Å². The quantitative estimate of drug-likeness (QED) is 0.799. The minimum Gasteiger partial charge on any atom is -0.496 e. The van der Waals surface area contributed by atoms with Crippen LogP contribution in [-0.2, 0) is 6.42 Å². The Balaban J connectivity index is 0.00000161. The smallest absolute Gasteiger partial charge is 0.122 e. The van der Waals surface area contributed by atoms with Gasteiger partial charge in [0.25, 0.3) is 0 Å². The summed E-state index contributed by atoms with van der Waals surface area (Å²) in [7, 11) is 1.78. The number of hydrogen-bond acceptors (Lipinski definition) is 2. The van der Waals surface area contributed by atoms with E-state index in [-0.39, 0.29) is 12.4 Å². The summed E-state index contributed by atoms with van der Waals surface area (Å²) in [6.45, 7) is 5.14. The third-order valence-corrected chi connectivity index (χ3v) is 4.74. The van der Waals surface area contributed by atoms with Crippen LogP contribution < -0.4 is 10.1 Å². The van der Waals surface area contributed by atoms with Gasteiger partial charge in [-0.3, -0.25) is 0 Å². The molecule has 2 aliphatic carbocycles. The van der Waals surface area contributed by atoms with E-state index in [1.54, 1.807) is 7.11 Å². The molecule has 3 heteroatoms. The lowest BCUT2D eigenvalue weighted by atomic mass is 9.77. The van der Waals surface area contributed by atoms with Crippen molar-refractivity contribution in [3.63, 3.8) is 0 Å². The maximum atomic E-state index is 5.61. The number of rotatable bonds is 6. The average molecular weight is 308 g/mol. The SMILES string of the molecule is C=CCC1c2c(cccc2OC)CCC1NCC1CC1.Cl. The summed E-state index contributed by atoms with van der Waals surface area (Å²) in [5.74, 6) is 2.48. The molecule has 2 unspecified atom stereocenters. The van der Waals surface area contributed by atoms with Crippen molar-refractivity contribution in [2.24, 2.45) is 5.92 Å². The van der Waals surface area contributed by atoms with Crippen LogP contribution in [0, 0.1) is 5.92 Å². The topological polar surface area (TPSA) is 21.3 Å². The number of aryl methyl sites for hydroxylation is 1.